The van der Waals surface area contributed by atoms with Crippen molar-refractivity contribution in [1.82, 2.24) is 4.90 Å². The maximum atomic E-state index is 13.1. The predicted molar refractivity (Wildman–Crippen MR) is 123 cm³/mol. The second-order valence-corrected chi connectivity index (χ2v) is 8.01. The maximum Gasteiger partial charge on any atom is 0.165 e. The Bertz CT molecular complexity index is 964. The van der Waals surface area contributed by atoms with E-state index < -0.39 is 0 Å². The number of likely N-dealkylation sites (tertiary alicyclic amines) is 1. The Hall–Kier alpha value is -3.11. The summed E-state index contributed by atoms with van der Waals surface area (Å²) >= 11 is 0. The third kappa shape index (κ3) is 4.64. The maximum absolute atomic E-state index is 13.1. The minimum Gasteiger partial charge on any atom is -0.493 e. The molecule has 1 aliphatic heterocycles. The fraction of sp³-hybridized carbons (Fsp3) is 0.296. The first-order valence-corrected chi connectivity index (χ1v) is 10.8. The first kappa shape index (κ1) is 21.1. The average molecular weight is 416 g/mol. The number of ether oxygens (including phenoxy) is 2. The summed E-state index contributed by atoms with van der Waals surface area (Å²) in [6.45, 7) is 2.19. The normalized spacial score (nSPS) is 17.0. The van der Waals surface area contributed by atoms with Crippen LogP contribution in [0.25, 0.3) is 0 Å². The van der Waals surface area contributed by atoms with E-state index >= 15 is 0 Å². The van der Waals surface area contributed by atoms with Crippen molar-refractivity contribution in [2.24, 2.45) is 5.92 Å². The smallest absolute Gasteiger partial charge is 0.165 e. The lowest BCUT2D eigenvalue weighted by Gasteiger charge is -2.36. The highest BCUT2D eigenvalue weighted by Gasteiger charge is 2.35. The van der Waals surface area contributed by atoms with Crippen molar-refractivity contribution in [1.29, 1.82) is 0 Å². The van der Waals surface area contributed by atoms with E-state index in [2.05, 4.69) is 59.5 Å². The van der Waals surface area contributed by atoms with Crippen LogP contribution in [-0.2, 0) is 11.3 Å². The fourth-order valence-corrected chi connectivity index (χ4v) is 4.66. The number of methoxy groups -OCH3 is 2. The molecule has 4 heteroatoms. The molecule has 4 nitrogen and oxygen atoms in total. The number of carbonyl (C=O) groups excluding carboxylic acids is 1. The van der Waals surface area contributed by atoms with Crippen LogP contribution in [0.5, 0.6) is 11.5 Å². The lowest BCUT2D eigenvalue weighted by molar-refractivity contribution is -0.126. The standard InChI is InChI=1S/C27H29NO3/c1-30-25-15-9-14-22(27(25)31-2)18-28-17-16-24(29)23(19-28)26(20-10-5-3-6-11-20)21-12-7-4-8-13-21/h3-15,23,26H,16-19H2,1-2H3. The number of Topliss-reactive ketones (excluding diaryl/α,β-unsaturated/α-hetero) is 1. The summed E-state index contributed by atoms with van der Waals surface area (Å²) in [4.78, 5) is 15.5. The number of piperidine rings is 1. The van der Waals surface area contributed by atoms with Gasteiger partial charge in [0.1, 0.15) is 5.78 Å². The van der Waals surface area contributed by atoms with Crippen molar-refractivity contribution >= 4 is 5.78 Å². The van der Waals surface area contributed by atoms with E-state index in [-0.39, 0.29) is 11.8 Å². The summed E-state index contributed by atoms with van der Waals surface area (Å²) in [7, 11) is 3.33. The molecule has 0 aliphatic carbocycles. The van der Waals surface area contributed by atoms with Gasteiger partial charge in [-0.2, -0.15) is 0 Å². The Balaban J connectivity index is 1.63. The first-order chi connectivity index (χ1) is 15.2. The molecule has 0 bridgehead atoms. The summed E-state index contributed by atoms with van der Waals surface area (Å²) in [5.74, 6) is 1.80. The number of benzene rings is 3. The molecule has 3 aromatic rings. The summed E-state index contributed by atoms with van der Waals surface area (Å²) in [6, 6.07) is 26.8. The van der Waals surface area contributed by atoms with Crippen LogP contribution < -0.4 is 9.47 Å². The van der Waals surface area contributed by atoms with Gasteiger partial charge in [-0.15, -0.1) is 0 Å². The predicted octanol–water partition coefficient (Wildman–Crippen LogP) is 4.93. The molecule has 4 rings (SSSR count). The molecular formula is C27H29NO3. The van der Waals surface area contributed by atoms with Gasteiger partial charge in [-0.1, -0.05) is 72.8 Å². The Morgan fingerprint density at radius 1 is 0.871 bits per heavy atom. The largest absolute Gasteiger partial charge is 0.493 e. The van der Waals surface area contributed by atoms with Gasteiger partial charge in [0.2, 0.25) is 0 Å². The van der Waals surface area contributed by atoms with Crippen molar-refractivity contribution in [3.05, 3.63) is 95.6 Å². The van der Waals surface area contributed by atoms with E-state index in [1.165, 1.54) is 11.1 Å². The van der Waals surface area contributed by atoms with Crippen LogP contribution in [0, 0.1) is 5.92 Å². The van der Waals surface area contributed by atoms with Crippen LogP contribution in [-0.4, -0.2) is 38.0 Å². The molecule has 1 aliphatic rings. The minimum atomic E-state index is -0.0878. The van der Waals surface area contributed by atoms with Gasteiger partial charge >= 0.3 is 0 Å². The molecule has 1 heterocycles. The Labute approximate surface area is 184 Å². The monoisotopic (exact) mass is 415 g/mol. The van der Waals surface area contributed by atoms with Crippen molar-refractivity contribution in [2.45, 2.75) is 18.9 Å². The van der Waals surface area contributed by atoms with Crippen LogP contribution in [0.15, 0.2) is 78.9 Å². The van der Waals surface area contributed by atoms with Crippen molar-refractivity contribution in [3.8, 4) is 11.5 Å². The van der Waals surface area contributed by atoms with Gasteiger partial charge in [0.25, 0.3) is 0 Å². The van der Waals surface area contributed by atoms with Crippen molar-refractivity contribution < 1.29 is 14.3 Å². The van der Waals surface area contributed by atoms with Gasteiger partial charge in [-0.25, -0.2) is 0 Å². The topological polar surface area (TPSA) is 38.8 Å². The highest BCUT2D eigenvalue weighted by molar-refractivity contribution is 5.83. The Kier molecular flexibility index (Phi) is 6.68. The Morgan fingerprint density at radius 2 is 1.52 bits per heavy atom. The fourth-order valence-electron chi connectivity index (χ4n) is 4.66. The summed E-state index contributed by atoms with van der Waals surface area (Å²) in [5.41, 5.74) is 3.45. The van der Waals surface area contributed by atoms with E-state index in [0.29, 0.717) is 18.7 Å². The summed E-state index contributed by atoms with van der Waals surface area (Å²) in [5, 5.41) is 0. The average Bonchev–Trinajstić information content (AvgIpc) is 2.82. The van der Waals surface area contributed by atoms with E-state index in [1.54, 1.807) is 14.2 Å². The molecule has 0 radical (unpaired) electrons. The first-order valence-electron chi connectivity index (χ1n) is 10.8. The van der Waals surface area contributed by atoms with Crippen LogP contribution in [0.3, 0.4) is 0 Å². The van der Waals surface area contributed by atoms with Gasteiger partial charge < -0.3 is 9.47 Å². The zero-order chi connectivity index (χ0) is 21.6. The molecule has 1 fully saturated rings. The molecule has 0 aromatic heterocycles. The lowest BCUT2D eigenvalue weighted by Crippen LogP contribution is -2.43. The molecule has 3 aromatic carbocycles. The van der Waals surface area contributed by atoms with Gasteiger partial charge in [-0.05, 0) is 17.2 Å². The van der Waals surface area contributed by atoms with Crippen molar-refractivity contribution in [2.75, 3.05) is 27.3 Å². The number of hydrogen-bond donors (Lipinski definition) is 0. The second kappa shape index (κ2) is 9.80. The molecule has 160 valence electrons. The van der Waals surface area contributed by atoms with Gasteiger partial charge in [0.15, 0.2) is 11.5 Å². The van der Waals surface area contributed by atoms with Gasteiger partial charge in [0.05, 0.1) is 14.2 Å². The molecular weight excluding hydrogens is 386 g/mol. The van der Waals surface area contributed by atoms with E-state index in [0.717, 1.165) is 30.2 Å². The molecule has 1 saturated heterocycles. The molecule has 1 atom stereocenters. The number of hydrogen-bond acceptors (Lipinski definition) is 4. The highest BCUT2D eigenvalue weighted by atomic mass is 16.5. The van der Waals surface area contributed by atoms with Crippen LogP contribution in [0.1, 0.15) is 29.0 Å². The van der Waals surface area contributed by atoms with Crippen LogP contribution in [0.2, 0.25) is 0 Å². The highest BCUT2D eigenvalue weighted by Crippen LogP contribution is 2.37. The molecule has 31 heavy (non-hydrogen) atoms. The number of rotatable bonds is 7. The minimum absolute atomic E-state index is 0.0462. The molecule has 0 saturated carbocycles. The van der Waals surface area contributed by atoms with E-state index in [1.807, 2.05) is 24.3 Å². The second-order valence-electron chi connectivity index (χ2n) is 8.01. The molecule has 0 N–H and O–H groups in total. The van der Waals surface area contributed by atoms with Crippen molar-refractivity contribution in [3.63, 3.8) is 0 Å². The number of carbonyl (C=O) groups is 1. The zero-order valence-electron chi connectivity index (χ0n) is 18.2. The summed E-state index contributed by atoms with van der Waals surface area (Å²) in [6.07, 6.45) is 0.563. The van der Waals surface area contributed by atoms with E-state index in [9.17, 15) is 4.79 Å². The third-order valence-corrected chi connectivity index (χ3v) is 6.14. The quantitative estimate of drug-likeness (QED) is 0.549. The van der Waals surface area contributed by atoms with E-state index in [4.69, 9.17) is 9.47 Å². The van der Waals surface area contributed by atoms with Crippen LogP contribution in [0.4, 0.5) is 0 Å². The molecule has 1 unspecified atom stereocenters. The van der Waals surface area contributed by atoms with Gasteiger partial charge in [-0.3, -0.25) is 9.69 Å². The Morgan fingerprint density at radius 3 is 2.10 bits per heavy atom. The summed E-state index contributed by atoms with van der Waals surface area (Å²) < 4.78 is 11.1. The third-order valence-electron chi connectivity index (χ3n) is 6.14. The zero-order valence-corrected chi connectivity index (χ0v) is 18.2. The molecule has 0 amide bonds. The number of para-hydroxylation sites is 1. The van der Waals surface area contributed by atoms with Gasteiger partial charge in [0, 0.05) is 43.5 Å². The van der Waals surface area contributed by atoms with Crippen LogP contribution >= 0.6 is 0 Å². The molecule has 0 spiro atoms. The number of ketones is 1. The number of nitrogens with zero attached hydrogens (tertiary/aromatic N) is 1. The SMILES string of the molecule is COc1cccc(CN2CCC(=O)C(C(c3ccccc3)c3ccccc3)C2)c1OC. The lowest BCUT2D eigenvalue weighted by atomic mass is 9.76.